The van der Waals surface area contributed by atoms with Gasteiger partial charge in [-0.2, -0.15) is 0 Å². The summed E-state index contributed by atoms with van der Waals surface area (Å²) in [6.07, 6.45) is 2.34. The van der Waals surface area contributed by atoms with E-state index in [0.29, 0.717) is 11.5 Å². The van der Waals surface area contributed by atoms with Crippen LogP contribution in [0.15, 0.2) is 30.3 Å². The number of nitrogens with zero attached hydrogens (tertiary/aromatic N) is 1. The predicted octanol–water partition coefficient (Wildman–Crippen LogP) is 3.49. The smallest absolute Gasteiger partial charge is 0.253 e. The van der Waals surface area contributed by atoms with Gasteiger partial charge in [0.15, 0.2) is 0 Å². The molecule has 1 aromatic carbocycles. The number of benzene rings is 1. The third-order valence-electron chi connectivity index (χ3n) is 2.94. The molecule has 2 nitrogen and oxygen atoms in total. The Morgan fingerprint density at radius 1 is 1.31 bits per heavy atom. The van der Waals surface area contributed by atoms with Gasteiger partial charge in [-0.1, -0.05) is 18.2 Å². The van der Waals surface area contributed by atoms with Crippen molar-refractivity contribution in [3.8, 4) is 0 Å². The molecule has 16 heavy (non-hydrogen) atoms. The fourth-order valence-electron chi connectivity index (χ4n) is 1.95. The normalized spacial score (nSPS) is 15.3. The second-order valence-electron chi connectivity index (χ2n) is 4.16. The van der Waals surface area contributed by atoms with Gasteiger partial charge in [-0.3, -0.25) is 9.78 Å². The summed E-state index contributed by atoms with van der Waals surface area (Å²) >= 11 is 5.61. The van der Waals surface area contributed by atoms with Gasteiger partial charge < -0.3 is 0 Å². The number of halogens is 1. The van der Waals surface area contributed by atoms with Crippen molar-refractivity contribution < 1.29 is 4.79 Å². The number of para-hydroxylation sites is 1. The molecule has 0 N–H and O–H groups in total. The van der Waals surface area contributed by atoms with Crippen molar-refractivity contribution in [2.24, 2.45) is 0 Å². The molecule has 1 aromatic heterocycles. The number of carbonyl (C=O) groups is 1. The zero-order valence-corrected chi connectivity index (χ0v) is 9.37. The minimum absolute atomic E-state index is 0.402. The molecule has 2 aromatic rings. The number of hydrogen-bond acceptors (Lipinski definition) is 2. The quantitative estimate of drug-likeness (QED) is 0.741. The molecule has 1 fully saturated rings. The molecule has 3 heteroatoms. The maximum Gasteiger partial charge on any atom is 0.253 e. The molecule has 0 aliphatic heterocycles. The van der Waals surface area contributed by atoms with Gasteiger partial charge in [0.25, 0.3) is 5.24 Å². The molecular formula is C13H10ClNO. The predicted molar refractivity (Wildman–Crippen MR) is 63.9 cm³/mol. The maximum absolute atomic E-state index is 11.4. The molecule has 1 heterocycles. The Kier molecular flexibility index (Phi) is 2.18. The Morgan fingerprint density at radius 2 is 2.06 bits per heavy atom. The average Bonchev–Trinajstić information content (AvgIpc) is 3.11. The van der Waals surface area contributed by atoms with Gasteiger partial charge in [-0.25, -0.2) is 0 Å². The highest BCUT2D eigenvalue weighted by atomic mass is 35.5. The minimum Gasteiger partial charge on any atom is -0.276 e. The van der Waals surface area contributed by atoms with Crippen LogP contribution in [0.4, 0.5) is 0 Å². The summed E-state index contributed by atoms with van der Waals surface area (Å²) in [6.45, 7) is 0. The van der Waals surface area contributed by atoms with E-state index >= 15 is 0 Å². The monoisotopic (exact) mass is 231 g/mol. The Bertz CT molecular complexity index is 575. The van der Waals surface area contributed by atoms with E-state index < -0.39 is 5.24 Å². The van der Waals surface area contributed by atoms with Crippen LogP contribution in [0.5, 0.6) is 0 Å². The molecular weight excluding hydrogens is 222 g/mol. The van der Waals surface area contributed by atoms with E-state index in [1.54, 1.807) is 0 Å². The van der Waals surface area contributed by atoms with Crippen molar-refractivity contribution >= 4 is 27.7 Å². The zero-order valence-electron chi connectivity index (χ0n) is 8.61. The van der Waals surface area contributed by atoms with Gasteiger partial charge in [-0.15, -0.1) is 0 Å². The summed E-state index contributed by atoms with van der Waals surface area (Å²) in [4.78, 5) is 16.0. The first-order chi connectivity index (χ1) is 7.75. The summed E-state index contributed by atoms with van der Waals surface area (Å²) in [5.74, 6) is 0.527. The standard InChI is InChI=1S/C13H10ClNO/c14-13(16)10-7-12(8-5-6-8)15-11-4-2-1-3-9(10)11/h1-4,7-8H,5-6H2. The summed E-state index contributed by atoms with van der Waals surface area (Å²) < 4.78 is 0. The molecule has 0 bridgehead atoms. The second kappa shape index (κ2) is 3.56. The average molecular weight is 232 g/mol. The summed E-state index contributed by atoms with van der Waals surface area (Å²) in [5, 5.41) is 0.437. The van der Waals surface area contributed by atoms with E-state index in [9.17, 15) is 4.79 Å². The van der Waals surface area contributed by atoms with Crippen LogP contribution in [0.2, 0.25) is 0 Å². The summed E-state index contributed by atoms with van der Waals surface area (Å²) in [5.41, 5.74) is 2.44. The van der Waals surface area contributed by atoms with Gasteiger partial charge in [0.05, 0.1) is 5.52 Å². The van der Waals surface area contributed by atoms with Gasteiger partial charge in [0.2, 0.25) is 0 Å². The van der Waals surface area contributed by atoms with Crippen LogP contribution in [-0.2, 0) is 0 Å². The molecule has 1 saturated carbocycles. The van der Waals surface area contributed by atoms with Crippen LogP contribution in [-0.4, -0.2) is 10.2 Å². The van der Waals surface area contributed by atoms with Crippen LogP contribution in [0.1, 0.15) is 34.8 Å². The SMILES string of the molecule is O=C(Cl)c1cc(C2CC2)nc2ccccc12. The van der Waals surface area contributed by atoms with Crippen molar-refractivity contribution in [1.82, 2.24) is 4.98 Å². The fourth-order valence-corrected chi connectivity index (χ4v) is 2.10. The number of hydrogen-bond donors (Lipinski definition) is 0. The number of pyridine rings is 1. The number of rotatable bonds is 2. The van der Waals surface area contributed by atoms with Gasteiger partial charge in [0.1, 0.15) is 0 Å². The van der Waals surface area contributed by atoms with Crippen LogP contribution in [0.3, 0.4) is 0 Å². The van der Waals surface area contributed by atoms with Crippen molar-refractivity contribution in [1.29, 1.82) is 0 Å². The Hall–Kier alpha value is -1.41. The largest absolute Gasteiger partial charge is 0.276 e. The number of aromatic nitrogens is 1. The van der Waals surface area contributed by atoms with Crippen molar-refractivity contribution in [3.05, 3.63) is 41.6 Å². The first kappa shape index (κ1) is 9.79. The Morgan fingerprint density at radius 3 is 2.75 bits per heavy atom. The molecule has 1 aliphatic carbocycles. The fraction of sp³-hybridized carbons (Fsp3) is 0.231. The molecule has 0 amide bonds. The topological polar surface area (TPSA) is 30.0 Å². The lowest BCUT2D eigenvalue weighted by Gasteiger charge is -2.05. The van der Waals surface area contributed by atoms with Crippen LogP contribution in [0, 0.1) is 0 Å². The van der Waals surface area contributed by atoms with Gasteiger partial charge in [-0.05, 0) is 36.6 Å². The Labute approximate surface area is 98.3 Å². The Balaban J connectivity index is 2.30. The van der Waals surface area contributed by atoms with Crippen LogP contribution < -0.4 is 0 Å². The van der Waals surface area contributed by atoms with Crippen molar-refractivity contribution in [2.45, 2.75) is 18.8 Å². The minimum atomic E-state index is -0.402. The first-order valence-corrected chi connectivity index (χ1v) is 5.73. The molecule has 0 atom stereocenters. The van der Waals surface area contributed by atoms with Crippen molar-refractivity contribution in [2.75, 3.05) is 0 Å². The third kappa shape index (κ3) is 1.59. The van der Waals surface area contributed by atoms with E-state index in [2.05, 4.69) is 4.98 Å². The molecule has 0 unspecified atom stereocenters. The van der Waals surface area contributed by atoms with E-state index in [0.717, 1.165) is 16.6 Å². The highest BCUT2D eigenvalue weighted by Gasteiger charge is 2.26. The molecule has 0 saturated heterocycles. The highest BCUT2D eigenvalue weighted by molar-refractivity contribution is 6.68. The summed E-state index contributed by atoms with van der Waals surface area (Å²) in [6, 6.07) is 9.47. The van der Waals surface area contributed by atoms with Crippen LogP contribution in [0.25, 0.3) is 10.9 Å². The van der Waals surface area contributed by atoms with E-state index in [1.165, 1.54) is 12.8 Å². The molecule has 3 rings (SSSR count). The van der Waals surface area contributed by atoms with Gasteiger partial charge >= 0.3 is 0 Å². The van der Waals surface area contributed by atoms with Crippen molar-refractivity contribution in [3.63, 3.8) is 0 Å². The highest BCUT2D eigenvalue weighted by Crippen LogP contribution is 2.40. The summed E-state index contributed by atoms with van der Waals surface area (Å²) in [7, 11) is 0. The molecule has 0 radical (unpaired) electrons. The third-order valence-corrected chi connectivity index (χ3v) is 3.15. The zero-order chi connectivity index (χ0) is 11.1. The first-order valence-electron chi connectivity index (χ1n) is 5.35. The number of fused-ring (bicyclic) bond motifs is 1. The van der Waals surface area contributed by atoms with E-state index in [4.69, 9.17) is 11.6 Å². The lowest BCUT2D eigenvalue weighted by atomic mass is 10.1. The maximum atomic E-state index is 11.4. The van der Waals surface area contributed by atoms with E-state index in [1.807, 2.05) is 30.3 Å². The second-order valence-corrected chi connectivity index (χ2v) is 4.50. The van der Waals surface area contributed by atoms with Gasteiger partial charge in [0, 0.05) is 22.6 Å². The molecule has 0 spiro atoms. The van der Waals surface area contributed by atoms with E-state index in [-0.39, 0.29) is 0 Å². The number of carbonyl (C=O) groups excluding carboxylic acids is 1. The molecule has 1 aliphatic rings. The van der Waals surface area contributed by atoms with Crippen LogP contribution >= 0.6 is 11.6 Å². The lowest BCUT2D eigenvalue weighted by Crippen LogP contribution is -1.97. The molecule has 80 valence electrons. The lowest BCUT2D eigenvalue weighted by molar-refractivity contribution is 0.108.